The molecule has 1 atom stereocenters. The van der Waals surface area contributed by atoms with Crippen LogP contribution in [0.25, 0.3) is 0 Å². The minimum atomic E-state index is -4.16. The second kappa shape index (κ2) is 5.48. The van der Waals surface area contributed by atoms with Crippen LogP contribution >= 0.6 is 11.3 Å². The van der Waals surface area contributed by atoms with Gasteiger partial charge in [-0.15, -0.1) is 0 Å². The normalized spacial score (nSPS) is 14.1. The second-order valence-electron chi connectivity index (χ2n) is 3.35. The standard InChI is InChI=1S/C9H13F3N2S/c10-9(11,12)5-8(14-13)2-1-7-3-4-15-6-7/h3-4,6,8,14H,1-2,5,13H2. The van der Waals surface area contributed by atoms with Crippen molar-refractivity contribution in [2.45, 2.75) is 31.5 Å². The molecule has 0 radical (unpaired) electrons. The molecular formula is C9H13F3N2S. The molecule has 15 heavy (non-hydrogen) atoms. The Kier molecular flexibility index (Phi) is 4.56. The quantitative estimate of drug-likeness (QED) is 0.611. The first-order valence-electron chi connectivity index (χ1n) is 4.55. The van der Waals surface area contributed by atoms with E-state index in [-0.39, 0.29) is 0 Å². The Labute approximate surface area is 90.3 Å². The Balaban J connectivity index is 2.34. The average molecular weight is 238 g/mol. The maximum Gasteiger partial charge on any atom is 0.390 e. The van der Waals surface area contributed by atoms with Gasteiger partial charge in [-0.2, -0.15) is 24.5 Å². The van der Waals surface area contributed by atoms with E-state index in [0.29, 0.717) is 12.8 Å². The van der Waals surface area contributed by atoms with Crippen molar-refractivity contribution in [1.29, 1.82) is 0 Å². The second-order valence-corrected chi connectivity index (χ2v) is 4.13. The van der Waals surface area contributed by atoms with E-state index >= 15 is 0 Å². The van der Waals surface area contributed by atoms with Gasteiger partial charge < -0.3 is 0 Å². The Bertz CT molecular complexity index is 271. The number of rotatable bonds is 5. The summed E-state index contributed by atoms with van der Waals surface area (Å²) in [5.41, 5.74) is 3.26. The number of alkyl halides is 3. The predicted molar refractivity (Wildman–Crippen MR) is 54.4 cm³/mol. The average Bonchev–Trinajstić information content (AvgIpc) is 2.62. The van der Waals surface area contributed by atoms with Gasteiger partial charge in [0, 0.05) is 6.04 Å². The van der Waals surface area contributed by atoms with Crippen LogP contribution in [0.15, 0.2) is 16.8 Å². The highest BCUT2D eigenvalue weighted by molar-refractivity contribution is 7.07. The van der Waals surface area contributed by atoms with Crippen LogP contribution in [0.2, 0.25) is 0 Å². The summed E-state index contributed by atoms with van der Waals surface area (Å²) in [4.78, 5) is 0. The Morgan fingerprint density at radius 1 is 1.47 bits per heavy atom. The molecule has 0 aromatic carbocycles. The summed E-state index contributed by atoms with van der Waals surface area (Å²) < 4.78 is 36.2. The molecule has 0 amide bonds. The first-order valence-corrected chi connectivity index (χ1v) is 5.49. The molecule has 3 N–H and O–H groups in total. The molecule has 0 aliphatic heterocycles. The van der Waals surface area contributed by atoms with Crippen LogP contribution in [0.4, 0.5) is 13.2 Å². The molecule has 0 fully saturated rings. The van der Waals surface area contributed by atoms with Gasteiger partial charge in [0.25, 0.3) is 0 Å². The van der Waals surface area contributed by atoms with E-state index in [4.69, 9.17) is 5.84 Å². The summed E-state index contributed by atoms with van der Waals surface area (Å²) in [5, 5.41) is 3.84. The predicted octanol–water partition coefficient (Wildman–Crippen LogP) is 2.47. The van der Waals surface area contributed by atoms with Gasteiger partial charge in [-0.3, -0.25) is 11.3 Å². The van der Waals surface area contributed by atoms with Crippen molar-refractivity contribution in [3.05, 3.63) is 22.4 Å². The summed E-state index contributed by atoms with van der Waals surface area (Å²) >= 11 is 1.54. The van der Waals surface area contributed by atoms with E-state index in [1.807, 2.05) is 16.8 Å². The highest BCUT2D eigenvalue weighted by atomic mass is 32.1. The summed E-state index contributed by atoms with van der Waals surface area (Å²) in [7, 11) is 0. The molecule has 0 aliphatic carbocycles. The van der Waals surface area contributed by atoms with E-state index in [1.165, 1.54) is 11.3 Å². The van der Waals surface area contributed by atoms with Crippen molar-refractivity contribution in [2.75, 3.05) is 0 Å². The van der Waals surface area contributed by atoms with Gasteiger partial charge >= 0.3 is 6.18 Å². The summed E-state index contributed by atoms with van der Waals surface area (Å²) in [6.45, 7) is 0. The molecule has 6 heteroatoms. The lowest BCUT2D eigenvalue weighted by Gasteiger charge is -2.17. The molecule has 1 aromatic rings. The van der Waals surface area contributed by atoms with E-state index < -0.39 is 18.6 Å². The molecule has 1 aromatic heterocycles. The number of nitrogens with two attached hydrogens (primary N) is 1. The summed E-state index contributed by atoms with van der Waals surface area (Å²) in [5.74, 6) is 5.07. The fraction of sp³-hybridized carbons (Fsp3) is 0.556. The third-order valence-corrected chi connectivity index (χ3v) is 2.81. The SMILES string of the molecule is NNC(CCc1ccsc1)CC(F)(F)F. The van der Waals surface area contributed by atoms with E-state index in [2.05, 4.69) is 5.43 Å². The maximum atomic E-state index is 12.1. The van der Waals surface area contributed by atoms with Crippen molar-refractivity contribution in [3.63, 3.8) is 0 Å². The Hall–Kier alpha value is -0.590. The summed E-state index contributed by atoms with van der Waals surface area (Å²) in [6.07, 6.45) is -4.03. The molecule has 2 nitrogen and oxygen atoms in total. The molecule has 0 spiro atoms. The third kappa shape index (κ3) is 5.15. The lowest BCUT2D eigenvalue weighted by Crippen LogP contribution is -2.38. The highest BCUT2D eigenvalue weighted by Gasteiger charge is 2.31. The smallest absolute Gasteiger partial charge is 0.271 e. The van der Waals surface area contributed by atoms with Crippen LogP contribution in [0.3, 0.4) is 0 Å². The van der Waals surface area contributed by atoms with Gasteiger partial charge in [0.1, 0.15) is 0 Å². The number of thiophene rings is 1. The molecule has 0 saturated carbocycles. The highest BCUT2D eigenvalue weighted by Crippen LogP contribution is 2.23. The van der Waals surface area contributed by atoms with Gasteiger partial charge in [-0.05, 0) is 35.2 Å². The summed E-state index contributed by atoms with van der Waals surface area (Å²) in [6, 6.07) is 1.20. The number of halogens is 3. The zero-order valence-electron chi connectivity index (χ0n) is 8.05. The van der Waals surface area contributed by atoms with Crippen LogP contribution in [-0.2, 0) is 6.42 Å². The zero-order chi connectivity index (χ0) is 11.3. The van der Waals surface area contributed by atoms with Crippen LogP contribution < -0.4 is 11.3 Å². The number of hydrogen-bond donors (Lipinski definition) is 2. The number of hydrogen-bond acceptors (Lipinski definition) is 3. The lowest BCUT2D eigenvalue weighted by atomic mass is 10.1. The van der Waals surface area contributed by atoms with Gasteiger partial charge in [0.2, 0.25) is 0 Å². The van der Waals surface area contributed by atoms with Crippen LogP contribution in [0.5, 0.6) is 0 Å². The Morgan fingerprint density at radius 2 is 2.20 bits per heavy atom. The molecule has 0 aliphatic rings. The number of hydrazine groups is 1. The monoisotopic (exact) mass is 238 g/mol. The first-order chi connectivity index (χ1) is 7.01. The van der Waals surface area contributed by atoms with E-state index in [0.717, 1.165) is 5.56 Å². The van der Waals surface area contributed by atoms with Gasteiger partial charge in [0.15, 0.2) is 0 Å². The Morgan fingerprint density at radius 3 is 2.67 bits per heavy atom. The molecular weight excluding hydrogens is 225 g/mol. The minimum absolute atomic E-state index is 0.396. The molecule has 0 bridgehead atoms. The number of aryl methyl sites for hydroxylation is 1. The number of nitrogens with one attached hydrogen (secondary N) is 1. The topological polar surface area (TPSA) is 38.0 Å². The van der Waals surface area contributed by atoms with Crippen molar-refractivity contribution in [3.8, 4) is 0 Å². The molecule has 1 heterocycles. The lowest BCUT2D eigenvalue weighted by molar-refractivity contribution is -0.140. The fourth-order valence-corrected chi connectivity index (χ4v) is 2.00. The van der Waals surface area contributed by atoms with Gasteiger partial charge in [-0.1, -0.05) is 0 Å². The largest absolute Gasteiger partial charge is 0.390 e. The molecule has 1 rings (SSSR count). The molecule has 0 saturated heterocycles. The fourth-order valence-electron chi connectivity index (χ4n) is 1.30. The maximum absolute atomic E-state index is 12.1. The minimum Gasteiger partial charge on any atom is -0.271 e. The van der Waals surface area contributed by atoms with Crippen LogP contribution in [0, 0.1) is 0 Å². The zero-order valence-corrected chi connectivity index (χ0v) is 8.87. The van der Waals surface area contributed by atoms with Crippen molar-refractivity contribution >= 4 is 11.3 Å². The first kappa shape index (κ1) is 12.5. The third-order valence-electron chi connectivity index (χ3n) is 2.08. The van der Waals surface area contributed by atoms with Crippen molar-refractivity contribution in [2.24, 2.45) is 5.84 Å². The molecule has 1 unspecified atom stereocenters. The van der Waals surface area contributed by atoms with E-state index in [9.17, 15) is 13.2 Å². The van der Waals surface area contributed by atoms with E-state index in [1.54, 1.807) is 0 Å². The van der Waals surface area contributed by atoms with Gasteiger partial charge in [0.05, 0.1) is 6.42 Å². The van der Waals surface area contributed by atoms with Gasteiger partial charge in [-0.25, -0.2) is 0 Å². The van der Waals surface area contributed by atoms with Crippen LogP contribution in [-0.4, -0.2) is 12.2 Å². The van der Waals surface area contributed by atoms with Crippen molar-refractivity contribution < 1.29 is 13.2 Å². The molecule has 86 valence electrons. The van der Waals surface area contributed by atoms with Crippen molar-refractivity contribution in [1.82, 2.24) is 5.43 Å². The van der Waals surface area contributed by atoms with Crippen LogP contribution in [0.1, 0.15) is 18.4 Å².